The van der Waals surface area contributed by atoms with Gasteiger partial charge in [0.1, 0.15) is 0 Å². The second-order valence-corrected chi connectivity index (χ2v) is 6.57. The molecule has 0 radical (unpaired) electrons. The number of rotatable bonds is 4. The van der Waals surface area contributed by atoms with Crippen LogP contribution in [0.3, 0.4) is 0 Å². The molecule has 1 N–H and O–H groups in total. The molecule has 2 atom stereocenters. The summed E-state index contributed by atoms with van der Waals surface area (Å²) in [7, 11) is 0. The number of hydrogen-bond acceptors (Lipinski definition) is 2. The first kappa shape index (κ1) is 15.5. The highest BCUT2D eigenvalue weighted by atomic mass is 14.9. The van der Waals surface area contributed by atoms with Gasteiger partial charge in [0.2, 0.25) is 0 Å². The lowest BCUT2D eigenvalue weighted by molar-refractivity contribution is 0.328. The maximum Gasteiger partial charge on any atom is 0.0743 e. The van der Waals surface area contributed by atoms with E-state index in [1.807, 2.05) is 18.2 Å². The topological polar surface area (TPSA) is 24.4 Å². The van der Waals surface area contributed by atoms with Gasteiger partial charge < -0.3 is 5.32 Å². The number of nitrogens with zero attached hydrogens (tertiary/aromatic N) is 1. The van der Waals surface area contributed by atoms with E-state index in [0.717, 1.165) is 30.6 Å². The number of nitrogens with one attached hydrogen (secondary N) is 1. The highest BCUT2D eigenvalue weighted by molar-refractivity contribution is 5.90. The van der Waals surface area contributed by atoms with E-state index < -0.39 is 0 Å². The van der Waals surface area contributed by atoms with Gasteiger partial charge in [-0.3, -0.25) is 4.99 Å². The van der Waals surface area contributed by atoms with Crippen LogP contribution in [0.1, 0.15) is 25.3 Å². The molecule has 3 rings (SSSR count). The second kappa shape index (κ2) is 6.82. The van der Waals surface area contributed by atoms with Crippen molar-refractivity contribution in [3.05, 3.63) is 78.9 Å². The van der Waals surface area contributed by atoms with Gasteiger partial charge in [-0.2, -0.15) is 0 Å². The minimum Gasteiger partial charge on any atom is -0.380 e. The molecule has 23 heavy (non-hydrogen) atoms. The van der Waals surface area contributed by atoms with Crippen LogP contribution in [0.2, 0.25) is 0 Å². The zero-order valence-corrected chi connectivity index (χ0v) is 13.7. The molecule has 1 heterocycles. The molecule has 1 aromatic carbocycles. The monoisotopic (exact) mass is 304 g/mol. The summed E-state index contributed by atoms with van der Waals surface area (Å²) in [4.78, 5) is 4.95. The molecule has 0 bridgehead atoms. The van der Waals surface area contributed by atoms with Crippen molar-refractivity contribution in [2.45, 2.75) is 25.8 Å². The summed E-state index contributed by atoms with van der Waals surface area (Å²) < 4.78 is 0. The normalized spacial score (nSPS) is 30.1. The molecule has 2 unspecified atom stereocenters. The van der Waals surface area contributed by atoms with Crippen molar-refractivity contribution < 1.29 is 0 Å². The SMILES string of the molecule is C=C(NCC1=NC2\C=C/C=C\C=C\CC2(C)C1)c1ccccc1. The van der Waals surface area contributed by atoms with Gasteiger partial charge in [-0.05, 0) is 18.4 Å². The molecule has 2 nitrogen and oxygen atoms in total. The van der Waals surface area contributed by atoms with Crippen LogP contribution in [0.25, 0.3) is 5.70 Å². The molecule has 1 aliphatic carbocycles. The first-order valence-electron chi connectivity index (χ1n) is 8.21. The van der Waals surface area contributed by atoms with Gasteiger partial charge in [0, 0.05) is 16.8 Å². The van der Waals surface area contributed by atoms with Gasteiger partial charge >= 0.3 is 0 Å². The van der Waals surface area contributed by atoms with E-state index in [2.05, 4.69) is 67.4 Å². The van der Waals surface area contributed by atoms with E-state index in [1.165, 1.54) is 5.71 Å². The third kappa shape index (κ3) is 3.70. The van der Waals surface area contributed by atoms with E-state index in [0.29, 0.717) is 0 Å². The number of fused-ring (bicyclic) bond motifs is 1. The van der Waals surface area contributed by atoms with E-state index >= 15 is 0 Å². The van der Waals surface area contributed by atoms with Crippen molar-refractivity contribution in [2.75, 3.05) is 6.54 Å². The Balaban J connectivity index is 1.66. The lowest BCUT2D eigenvalue weighted by Crippen LogP contribution is -2.26. The maximum absolute atomic E-state index is 4.95. The van der Waals surface area contributed by atoms with Crippen LogP contribution in [0.15, 0.2) is 78.4 Å². The van der Waals surface area contributed by atoms with Crippen LogP contribution >= 0.6 is 0 Å². The molecular weight excluding hydrogens is 280 g/mol. The minimum atomic E-state index is 0.185. The zero-order chi connectivity index (χ0) is 16.1. The first-order valence-corrected chi connectivity index (χ1v) is 8.21. The lowest BCUT2D eigenvalue weighted by Gasteiger charge is -2.27. The van der Waals surface area contributed by atoms with Crippen molar-refractivity contribution in [1.29, 1.82) is 0 Å². The van der Waals surface area contributed by atoms with Gasteiger partial charge in [0.05, 0.1) is 12.6 Å². The van der Waals surface area contributed by atoms with E-state index in [-0.39, 0.29) is 11.5 Å². The third-order valence-corrected chi connectivity index (χ3v) is 4.62. The van der Waals surface area contributed by atoms with Crippen molar-refractivity contribution in [1.82, 2.24) is 5.32 Å². The Morgan fingerprint density at radius 1 is 1.22 bits per heavy atom. The molecule has 0 amide bonds. The maximum atomic E-state index is 4.95. The summed E-state index contributed by atoms with van der Waals surface area (Å²) in [6.45, 7) is 7.24. The van der Waals surface area contributed by atoms with E-state index in [9.17, 15) is 0 Å². The molecular formula is C21H24N2. The van der Waals surface area contributed by atoms with Gasteiger partial charge in [0.25, 0.3) is 0 Å². The van der Waals surface area contributed by atoms with Gasteiger partial charge in [-0.15, -0.1) is 0 Å². The molecule has 118 valence electrons. The first-order chi connectivity index (χ1) is 11.2. The molecule has 0 saturated heterocycles. The highest BCUT2D eigenvalue weighted by Gasteiger charge is 2.37. The number of benzene rings is 1. The fraction of sp³-hybridized carbons (Fsp3) is 0.286. The van der Waals surface area contributed by atoms with Crippen LogP contribution in [-0.2, 0) is 0 Å². The van der Waals surface area contributed by atoms with Crippen molar-refractivity contribution in [3.63, 3.8) is 0 Å². The van der Waals surface area contributed by atoms with Crippen molar-refractivity contribution in [3.8, 4) is 0 Å². The molecule has 2 aliphatic rings. The average molecular weight is 304 g/mol. The molecule has 2 heteroatoms. The summed E-state index contributed by atoms with van der Waals surface area (Å²) in [5, 5.41) is 3.43. The Hall–Kier alpha value is -2.35. The van der Waals surface area contributed by atoms with Gasteiger partial charge in [-0.25, -0.2) is 0 Å². The highest BCUT2D eigenvalue weighted by Crippen LogP contribution is 2.39. The Morgan fingerprint density at radius 3 is 2.83 bits per heavy atom. The summed E-state index contributed by atoms with van der Waals surface area (Å²) >= 11 is 0. The van der Waals surface area contributed by atoms with Gasteiger partial charge in [0.15, 0.2) is 0 Å². The van der Waals surface area contributed by atoms with Crippen LogP contribution in [-0.4, -0.2) is 18.3 Å². The fourth-order valence-electron chi connectivity index (χ4n) is 3.21. The number of allylic oxidation sites excluding steroid dienone is 5. The second-order valence-electron chi connectivity index (χ2n) is 6.57. The molecule has 0 aromatic heterocycles. The summed E-state index contributed by atoms with van der Waals surface area (Å²) in [5.74, 6) is 0. The summed E-state index contributed by atoms with van der Waals surface area (Å²) in [5.41, 5.74) is 3.51. The number of aliphatic imine (C=N–C) groups is 1. The Morgan fingerprint density at radius 2 is 2.00 bits per heavy atom. The van der Waals surface area contributed by atoms with Crippen molar-refractivity contribution >= 4 is 11.4 Å². The average Bonchev–Trinajstić information content (AvgIpc) is 2.91. The van der Waals surface area contributed by atoms with E-state index in [1.54, 1.807) is 0 Å². The molecule has 0 saturated carbocycles. The summed E-state index contributed by atoms with van der Waals surface area (Å²) in [6.07, 6.45) is 15.0. The van der Waals surface area contributed by atoms with Crippen LogP contribution < -0.4 is 5.32 Å². The third-order valence-electron chi connectivity index (χ3n) is 4.62. The lowest BCUT2D eigenvalue weighted by atomic mass is 9.77. The largest absolute Gasteiger partial charge is 0.380 e. The Bertz CT molecular complexity index is 679. The van der Waals surface area contributed by atoms with Crippen LogP contribution in [0.5, 0.6) is 0 Å². The van der Waals surface area contributed by atoms with Crippen molar-refractivity contribution in [2.24, 2.45) is 10.4 Å². The fourth-order valence-corrected chi connectivity index (χ4v) is 3.21. The van der Waals surface area contributed by atoms with E-state index in [4.69, 9.17) is 4.99 Å². The Kier molecular flexibility index (Phi) is 4.61. The van der Waals surface area contributed by atoms with Crippen LogP contribution in [0.4, 0.5) is 0 Å². The number of hydrogen-bond donors (Lipinski definition) is 1. The molecule has 1 aliphatic heterocycles. The Labute approximate surface area is 139 Å². The zero-order valence-electron chi connectivity index (χ0n) is 13.7. The molecule has 0 spiro atoms. The predicted octanol–water partition coefficient (Wildman–Crippen LogP) is 4.54. The standard InChI is InChI=1S/C21H24N2/c1-17(18-11-7-6-8-12-18)22-16-19-15-21(2)14-10-5-3-4-9-13-20(21)23-19/h3-13,20,22H,1,14-16H2,2H3/b4-3-,10-5+,13-9-. The smallest absolute Gasteiger partial charge is 0.0743 e. The van der Waals surface area contributed by atoms with Gasteiger partial charge in [-0.1, -0.05) is 80.3 Å². The quantitative estimate of drug-likeness (QED) is 0.867. The predicted molar refractivity (Wildman–Crippen MR) is 99.5 cm³/mol. The summed E-state index contributed by atoms with van der Waals surface area (Å²) in [6, 6.07) is 10.5. The minimum absolute atomic E-state index is 0.185. The molecule has 1 aromatic rings. The van der Waals surface area contributed by atoms with Crippen LogP contribution in [0, 0.1) is 5.41 Å². The molecule has 0 fully saturated rings.